The predicted octanol–water partition coefficient (Wildman–Crippen LogP) is 4.04. The molecule has 156 valence electrons. The topological polar surface area (TPSA) is 75.5 Å². The number of hydrogen-bond acceptors (Lipinski definition) is 3. The number of aromatic nitrogens is 1. The molecule has 30 heavy (non-hydrogen) atoms. The van der Waals surface area contributed by atoms with Crippen molar-refractivity contribution in [2.24, 2.45) is 18.1 Å². The Bertz CT molecular complexity index is 1120. The minimum Gasteiger partial charge on any atom is -0.347 e. The van der Waals surface area contributed by atoms with Gasteiger partial charge in [0.15, 0.2) is 0 Å². The summed E-state index contributed by atoms with van der Waals surface area (Å²) in [6.07, 6.45) is 1.64. The minimum atomic E-state index is -0.734. The number of benzene rings is 2. The van der Waals surface area contributed by atoms with E-state index in [9.17, 15) is 9.59 Å². The number of hydrazone groups is 1. The highest BCUT2D eigenvalue weighted by Gasteiger charge is 2.24. The van der Waals surface area contributed by atoms with Gasteiger partial charge in [-0.1, -0.05) is 49.7 Å². The van der Waals surface area contributed by atoms with Crippen molar-refractivity contribution < 1.29 is 9.59 Å². The average molecular weight is 425 g/mol. The Balaban J connectivity index is 1.73. The van der Waals surface area contributed by atoms with Gasteiger partial charge in [-0.25, -0.2) is 5.43 Å². The number of nitrogens with one attached hydrogen (secondary N) is 2. The molecule has 1 unspecified atom stereocenters. The lowest BCUT2D eigenvalue weighted by Gasteiger charge is -2.20. The van der Waals surface area contributed by atoms with Gasteiger partial charge < -0.3 is 9.88 Å². The van der Waals surface area contributed by atoms with Crippen LogP contribution in [-0.2, 0) is 11.8 Å². The summed E-state index contributed by atoms with van der Waals surface area (Å²) in [4.78, 5) is 25.2. The van der Waals surface area contributed by atoms with Gasteiger partial charge in [0.05, 0.1) is 6.21 Å². The number of rotatable bonds is 6. The molecule has 0 saturated heterocycles. The zero-order chi connectivity index (χ0) is 21.8. The van der Waals surface area contributed by atoms with Crippen LogP contribution in [0.25, 0.3) is 10.9 Å². The van der Waals surface area contributed by atoms with Crippen molar-refractivity contribution in [3.05, 3.63) is 70.4 Å². The van der Waals surface area contributed by atoms with Crippen LogP contribution >= 0.6 is 11.6 Å². The zero-order valence-electron chi connectivity index (χ0n) is 17.4. The van der Waals surface area contributed by atoms with Crippen molar-refractivity contribution in [2.45, 2.75) is 26.8 Å². The van der Waals surface area contributed by atoms with Crippen LogP contribution in [0.4, 0.5) is 0 Å². The van der Waals surface area contributed by atoms with E-state index < -0.39 is 6.04 Å². The highest BCUT2D eigenvalue weighted by Crippen LogP contribution is 2.23. The van der Waals surface area contributed by atoms with Crippen molar-refractivity contribution in [3.63, 3.8) is 0 Å². The molecule has 1 aromatic heterocycles. The maximum Gasteiger partial charge on any atom is 0.262 e. The fraction of sp³-hybridized carbons (Fsp3) is 0.261. The highest BCUT2D eigenvalue weighted by atomic mass is 35.5. The fourth-order valence-electron chi connectivity index (χ4n) is 3.33. The molecule has 2 amide bonds. The van der Waals surface area contributed by atoms with Crippen LogP contribution in [0.3, 0.4) is 0 Å². The molecule has 3 aromatic rings. The normalized spacial score (nSPS) is 12.5. The van der Waals surface area contributed by atoms with E-state index in [1.54, 1.807) is 30.5 Å². The molecule has 0 spiro atoms. The maximum atomic E-state index is 12.7. The lowest BCUT2D eigenvalue weighted by Crippen LogP contribution is -2.48. The summed E-state index contributed by atoms with van der Waals surface area (Å²) in [7, 11) is 1.99. The van der Waals surface area contributed by atoms with Gasteiger partial charge >= 0.3 is 0 Å². The number of fused-ring (bicyclic) bond motifs is 1. The number of hydrogen-bond donors (Lipinski definition) is 2. The molecule has 0 bridgehead atoms. The van der Waals surface area contributed by atoms with Gasteiger partial charge in [0.2, 0.25) is 0 Å². The molecule has 6 nitrogen and oxygen atoms in total. The number of amides is 2. The lowest BCUT2D eigenvalue weighted by atomic mass is 10.0. The molecule has 0 aliphatic heterocycles. The predicted molar refractivity (Wildman–Crippen MR) is 121 cm³/mol. The maximum absolute atomic E-state index is 12.7. The zero-order valence-corrected chi connectivity index (χ0v) is 18.2. The van der Waals surface area contributed by atoms with E-state index in [0.717, 1.165) is 22.2 Å². The van der Waals surface area contributed by atoms with Crippen molar-refractivity contribution >= 4 is 40.5 Å². The number of carbonyl (C=O) groups excluding carboxylic acids is 2. The molecule has 1 atom stereocenters. The summed E-state index contributed by atoms with van der Waals surface area (Å²) < 4.78 is 2.08. The van der Waals surface area contributed by atoms with Crippen LogP contribution in [0, 0.1) is 12.8 Å². The second-order valence-corrected chi connectivity index (χ2v) is 7.95. The van der Waals surface area contributed by atoms with E-state index in [4.69, 9.17) is 11.6 Å². The van der Waals surface area contributed by atoms with Gasteiger partial charge in [-0.05, 0) is 37.1 Å². The molecular weight excluding hydrogens is 400 g/mol. The number of para-hydroxylation sites is 1. The Morgan fingerprint density at radius 3 is 2.57 bits per heavy atom. The molecule has 0 aliphatic rings. The SMILES string of the molecule is Cc1c(/C=N\NC(=O)C(NC(=O)c2cccc(Cl)c2)C(C)C)c2ccccc2n1C. The molecule has 0 radical (unpaired) electrons. The first-order valence-corrected chi connectivity index (χ1v) is 10.1. The molecular formula is C23H25ClN4O2. The smallest absolute Gasteiger partial charge is 0.262 e. The van der Waals surface area contributed by atoms with Gasteiger partial charge in [0.25, 0.3) is 11.8 Å². The summed E-state index contributed by atoms with van der Waals surface area (Å²) in [6, 6.07) is 13.9. The van der Waals surface area contributed by atoms with Gasteiger partial charge in [-0.3, -0.25) is 9.59 Å². The monoisotopic (exact) mass is 424 g/mol. The second-order valence-electron chi connectivity index (χ2n) is 7.52. The second kappa shape index (κ2) is 9.13. The molecule has 2 N–H and O–H groups in total. The molecule has 0 fully saturated rings. The first-order chi connectivity index (χ1) is 14.3. The number of aryl methyl sites for hydroxylation is 1. The first kappa shape index (κ1) is 21.6. The summed E-state index contributed by atoms with van der Waals surface area (Å²) in [5.74, 6) is -0.864. The van der Waals surface area contributed by atoms with Crippen molar-refractivity contribution in [1.82, 2.24) is 15.3 Å². The summed E-state index contributed by atoms with van der Waals surface area (Å²) in [5.41, 5.74) is 6.04. The van der Waals surface area contributed by atoms with Gasteiger partial charge in [-0.15, -0.1) is 0 Å². The summed E-state index contributed by atoms with van der Waals surface area (Å²) in [6.45, 7) is 5.73. The molecule has 3 rings (SSSR count). The first-order valence-electron chi connectivity index (χ1n) is 9.73. The van der Waals surface area contributed by atoms with Crippen LogP contribution in [0.2, 0.25) is 5.02 Å². The third-order valence-corrected chi connectivity index (χ3v) is 5.37. The number of nitrogens with zero attached hydrogens (tertiary/aromatic N) is 2. The Labute approximate surface area is 180 Å². The van der Waals surface area contributed by atoms with Crippen LogP contribution in [0.15, 0.2) is 53.6 Å². The quantitative estimate of drug-likeness (QED) is 0.462. The largest absolute Gasteiger partial charge is 0.347 e. The fourth-order valence-corrected chi connectivity index (χ4v) is 3.52. The summed E-state index contributed by atoms with van der Waals surface area (Å²) >= 11 is 5.95. The number of carbonyl (C=O) groups is 2. The van der Waals surface area contributed by atoms with Crippen molar-refractivity contribution in [2.75, 3.05) is 0 Å². The van der Waals surface area contributed by atoms with E-state index in [2.05, 4.69) is 20.4 Å². The van der Waals surface area contributed by atoms with E-state index in [1.807, 2.05) is 52.1 Å². The van der Waals surface area contributed by atoms with E-state index >= 15 is 0 Å². The molecule has 0 aliphatic carbocycles. The van der Waals surface area contributed by atoms with Gasteiger partial charge in [0.1, 0.15) is 6.04 Å². The average Bonchev–Trinajstić information content (AvgIpc) is 2.96. The van der Waals surface area contributed by atoms with Crippen molar-refractivity contribution in [3.8, 4) is 0 Å². The van der Waals surface area contributed by atoms with Crippen LogP contribution in [0.1, 0.15) is 35.5 Å². The standard InChI is InChI=1S/C23H25ClN4O2/c1-14(2)21(26-22(29)16-8-7-9-17(24)12-16)23(30)27-25-13-19-15(3)28(4)20-11-6-5-10-18(19)20/h5-14,21H,1-4H3,(H,26,29)(H,27,30)/b25-13-. The van der Waals surface area contributed by atoms with Gasteiger partial charge in [0, 0.05) is 39.8 Å². The highest BCUT2D eigenvalue weighted by molar-refractivity contribution is 6.31. The third kappa shape index (κ3) is 4.54. The third-order valence-electron chi connectivity index (χ3n) is 5.14. The molecule has 1 heterocycles. The van der Waals surface area contributed by atoms with Crippen LogP contribution < -0.4 is 10.7 Å². The minimum absolute atomic E-state index is 0.123. The molecule has 0 saturated carbocycles. The van der Waals surface area contributed by atoms with Crippen LogP contribution in [-0.4, -0.2) is 28.6 Å². The summed E-state index contributed by atoms with van der Waals surface area (Å²) in [5, 5.41) is 8.44. The Kier molecular flexibility index (Phi) is 6.57. The van der Waals surface area contributed by atoms with Crippen LogP contribution in [0.5, 0.6) is 0 Å². The van der Waals surface area contributed by atoms with Crippen molar-refractivity contribution in [1.29, 1.82) is 0 Å². The Morgan fingerprint density at radius 1 is 1.13 bits per heavy atom. The molecule has 7 heteroatoms. The van der Waals surface area contributed by atoms with E-state index in [0.29, 0.717) is 10.6 Å². The van der Waals surface area contributed by atoms with E-state index in [-0.39, 0.29) is 17.7 Å². The molecule has 2 aromatic carbocycles. The Hall–Kier alpha value is -3.12. The lowest BCUT2D eigenvalue weighted by molar-refractivity contribution is -0.123. The number of halogens is 1. The Morgan fingerprint density at radius 2 is 1.87 bits per heavy atom. The van der Waals surface area contributed by atoms with Gasteiger partial charge in [-0.2, -0.15) is 5.10 Å². The van der Waals surface area contributed by atoms with E-state index in [1.165, 1.54) is 0 Å².